The summed E-state index contributed by atoms with van der Waals surface area (Å²) in [5.74, 6) is -0.360. The molecule has 0 rings (SSSR count). The summed E-state index contributed by atoms with van der Waals surface area (Å²) in [6.07, 6.45) is -0.139. The van der Waals surface area contributed by atoms with E-state index in [1.54, 1.807) is 0 Å². The molecule has 0 heterocycles. The lowest BCUT2D eigenvalue weighted by Crippen LogP contribution is -2.38. The van der Waals surface area contributed by atoms with Crippen LogP contribution in [0.5, 0.6) is 0 Å². The van der Waals surface area contributed by atoms with Gasteiger partial charge in [-0.1, -0.05) is 13.8 Å². The smallest absolute Gasteiger partial charge is 0.175 e. The van der Waals surface area contributed by atoms with Crippen molar-refractivity contribution >= 4 is 11.6 Å². The lowest BCUT2D eigenvalue weighted by molar-refractivity contribution is -0.142. The highest BCUT2D eigenvalue weighted by atomic mass is 16.5. The maximum absolute atomic E-state index is 11.3. The van der Waals surface area contributed by atoms with Gasteiger partial charge in [0.05, 0.1) is 13.1 Å². The maximum atomic E-state index is 11.3. The van der Waals surface area contributed by atoms with Crippen molar-refractivity contribution in [3.05, 3.63) is 0 Å². The monoisotopic (exact) mass is 216 g/mol. The average Bonchev–Trinajstić information content (AvgIpc) is 2.28. The van der Waals surface area contributed by atoms with Gasteiger partial charge >= 0.3 is 0 Å². The maximum Gasteiger partial charge on any atom is 0.175 e. The van der Waals surface area contributed by atoms with Gasteiger partial charge in [0.15, 0.2) is 11.6 Å². The molecule has 0 aliphatic carbocycles. The van der Waals surface area contributed by atoms with Crippen molar-refractivity contribution in [1.82, 2.24) is 0 Å². The summed E-state index contributed by atoms with van der Waals surface area (Å²) in [6.45, 7) is 3.51. The predicted octanol–water partition coefficient (Wildman–Crippen LogP) is -0.384. The molecule has 0 aliphatic heterocycles. The molecule has 0 aromatic carbocycles. The third kappa shape index (κ3) is 4.51. The molecule has 4 N–H and O–H groups in total. The Kier molecular flexibility index (Phi) is 7.11. The first-order valence-corrected chi connectivity index (χ1v) is 5.21. The fraction of sp³-hybridized carbons (Fsp3) is 0.800. The van der Waals surface area contributed by atoms with E-state index in [1.165, 1.54) is 0 Å². The lowest BCUT2D eigenvalue weighted by atomic mass is 10.1. The van der Waals surface area contributed by atoms with E-state index in [-0.39, 0.29) is 24.7 Å². The highest BCUT2D eigenvalue weighted by Gasteiger charge is 2.23. The van der Waals surface area contributed by atoms with Crippen LogP contribution in [0.3, 0.4) is 0 Å². The summed E-state index contributed by atoms with van der Waals surface area (Å²) < 4.78 is 5.40. The zero-order valence-electron chi connectivity index (χ0n) is 9.36. The molecular weight excluding hydrogens is 196 g/mol. The molecule has 0 saturated heterocycles. The van der Waals surface area contributed by atoms with Crippen molar-refractivity contribution in [2.45, 2.75) is 38.9 Å². The summed E-state index contributed by atoms with van der Waals surface area (Å²) in [5, 5.41) is 0. The van der Waals surface area contributed by atoms with Crippen LogP contribution in [-0.4, -0.2) is 36.9 Å². The molecule has 0 radical (unpaired) electrons. The first-order chi connectivity index (χ1) is 7.10. The van der Waals surface area contributed by atoms with E-state index in [4.69, 9.17) is 16.2 Å². The number of ether oxygens (including phenoxy) is 1. The van der Waals surface area contributed by atoms with E-state index in [0.29, 0.717) is 12.8 Å². The highest BCUT2D eigenvalue weighted by molar-refractivity contribution is 5.87. The van der Waals surface area contributed by atoms with E-state index in [2.05, 4.69) is 0 Å². The molecule has 5 heteroatoms. The lowest BCUT2D eigenvalue weighted by Gasteiger charge is -2.20. The molecule has 2 atom stereocenters. The molecule has 0 aliphatic rings. The van der Waals surface area contributed by atoms with Crippen molar-refractivity contribution in [3.63, 3.8) is 0 Å². The van der Waals surface area contributed by atoms with Gasteiger partial charge in [-0.05, 0) is 12.8 Å². The number of Topliss-reactive ketones (excluding diaryl/α,β-unsaturated/α-hetero) is 2. The number of carbonyl (C=O) groups excluding carboxylic acids is 2. The van der Waals surface area contributed by atoms with E-state index >= 15 is 0 Å². The fourth-order valence-corrected chi connectivity index (χ4v) is 1.26. The molecule has 0 aromatic rings. The second-order valence-electron chi connectivity index (χ2n) is 3.27. The first-order valence-electron chi connectivity index (χ1n) is 5.21. The van der Waals surface area contributed by atoms with Gasteiger partial charge in [-0.3, -0.25) is 9.59 Å². The Morgan fingerprint density at radius 3 is 1.53 bits per heavy atom. The quantitative estimate of drug-likeness (QED) is 0.576. The van der Waals surface area contributed by atoms with Crippen LogP contribution >= 0.6 is 0 Å². The Hall–Kier alpha value is -0.780. The molecule has 0 aromatic heterocycles. The topological polar surface area (TPSA) is 95.4 Å². The third-order valence-corrected chi connectivity index (χ3v) is 2.19. The predicted molar refractivity (Wildman–Crippen MR) is 57.4 cm³/mol. The third-order valence-electron chi connectivity index (χ3n) is 2.19. The normalized spacial score (nSPS) is 14.7. The molecule has 5 nitrogen and oxygen atoms in total. The highest BCUT2D eigenvalue weighted by Crippen LogP contribution is 2.07. The fourth-order valence-electron chi connectivity index (χ4n) is 1.26. The van der Waals surface area contributed by atoms with Crippen molar-refractivity contribution in [2.24, 2.45) is 11.5 Å². The van der Waals surface area contributed by atoms with Crippen molar-refractivity contribution in [1.29, 1.82) is 0 Å². The molecule has 0 bridgehead atoms. The van der Waals surface area contributed by atoms with Gasteiger partial charge in [-0.25, -0.2) is 0 Å². The van der Waals surface area contributed by atoms with E-state index in [9.17, 15) is 9.59 Å². The van der Waals surface area contributed by atoms with Gasteiger partial charge in [-0.2, -0.15) is 0 Å². The zero-order valence-corrected chi connectivity index (χ0v) is 9.36. The minimum absolute atomic E-state index is 0.0637. The molecule has 2 unspecified atom stereocenters. The number of rotatable bonds is 8. The van der Waals surface area contributed by atoms with Crippen molar-refractivity contribution in [3.8, 4) is 0 Å². The van der Waals surface area contributed by atoms with Crippen LogP contribution < -0.4 is 11.5 Å². The Morgan fingerprint density at radius 1 is 1.00 bits per heavy atom. The summed E-state index contributed by atoms with van der Waals surface area (Å²) in [6, 6.07) is 0. The van der Waals surface area contributed by atoms with Gasteiger partial charge in [-0.15, -0.1) is 0 Å². The van der Waals surface area contributed by atoms with Crippen molar-refractivity contribution in [2.75, 3.05) is 13.1 Å². The Morgan fingerprint density at radius 2 is 1.33 bits per heavy atom. The number of ketones is 2. The van der Waals surface area contributed by atoms with E-state index < -0.39 is 12.2 Å². The molecule has 88 valence electrons. The molecule has 0 saturated carbocycles. The Bertz CT molecular complexity index is 197. The van der Waals surface area contributed by atoms with Gasteiger partial charge < -0.3 is 16.2 Å². The number of hydrogen-bond acceptors (Lipinski definition) is 5. The van der Waals surface area contributed by atoms with Crippen LogP contribution in [0.4, 0.5) is 0 Å². The van der Waals surface area contributed by atoms with Gasteiger partial charge in [0.2, 0.25) is 0 Å². The van der Waals surface area contributed by atoms with Crippen LogP contribution in [0.15, 0.2) is 0 Å². The first kappa shape index (κ1) is 14.2. The van der Waals surface area contributed by atoms with E-state index in [0.717, 1.165) is 0 Å². The summed E-state index contributed by atoms with van der Waals surface area (Å²) in [4.78, 5) is 22.6. The van der Waals surface area contributed by atoms with Gasteiger partial charge in [0.25, 0.3) is 0 Å². The second-order valence-corrected chi connectivity index (χ2v) is 3.27. The second kappa shape index (κ2) is 7.50. The Balaban J connectivity index is 4.36. The Labute approximate surface area is 90.1 Å². The zero-order chi connectivity index (χ0) is 11.8. The summed E-state index contributed by atoms with van der Waals surface area (Å²) in [5.41, 5.74) is 10.5. The number of hydrogen-bond donors (Lipinski definition) is 2. The minimum Gasteiger partial charge on any atom is -0.359 e. The molecular formula is C10H20N2O3. The molecule has 0 spiro atoms. The summed E-state index contributed by atoms with van der Waals surface area (Å²) >= 11 is 0. The number of carbonyl (C=O) groups is 2. The van der Waals surface area contributed by atoms with Crippen molar-refractivity contribution < 1.29 is 14.3 Å². The largest absolute Gasteiger partial charge is 0.359 e. The SMILES string of the molecule is CCC(OC(CC)C(=O)CN)C(=O)CN. The van der Waals surface area contributed by atoms with Crippen LogP contribution in [0.1, 0.15) is 26.7 Å². The van der Waals surface area contributed by atoms with Crippen LogP contribution in [-0.2, 0) is 14.3 Å². The standard InChI is InChI=1S/C10H20N2O3/c1-3-9(7(13)5-11)15-10(4-2)8(14)6-12/h9-10H,3-6,11-12H2,1-2H3. The van der Waals surface area contributed by atoms with Gasteiger partial charge in [0.1, 0.15) is 12.2 Å². The van der Waals surface area contributed by atoms with E-state index in [1.807, 2.05) is 13.8 Å². The average molecular weight is 216 g/mol. The van der Waals surface area contributed by atoms with Crippen LogP contribution in [0, 0.1) is 0 Å². The molecule has 15 heavy (non-hydrogen) atoms. The molecule has 0 fully saturated rings. The van der Waals surface area contributed by atoms with Crippen LogP contribution in [0.2, 0.25) is 0 Å². The summed E-state index contributed by atoms with van der Waals surface area (Å²) in [7, 11) is 0. The molecule has 0 amide bonds. The van der Waals surface area contributed by atoms with Crippen LogP contribution in [0.25, 0.3) is 0 Å². The minimum atomic E-state index is -0.588. The van der Waals surface area contributed by atoms with Gasteiger partial charge in [0, 0.05) is 0 Å². The number of nitrogens with two attached hydrogens (primary N) is 2.